The van der Waals surface area contributed by atoms with Gasteiger partial charge in [-0.3, -0.25) is 14.9 Å². The van der Waals surface area contributed by atoms with E-state index in [4.69, 9.17) is 4.74 Å². The first-order chi connectivity index (χ1) is 7.81. The number of benzene rings is 1. The van der Waals surface area contributed by atoms with Gasteiger partial charge in [0.25, 0.3) is 0 Å². The molecule has 0 fully saturated rings. The largest absolute Gasteiger partial charge is 0.490 e. The van der Waals surface area contributed by atoms with Gasteiger partial charge in [-0.15, -0.1) is 0 Å². The van der Waals surface area contributed by atoms with Gasteiger partial charge < -0.3 is 4.74 Å². The Morgan fingerprint density at radius 2 is 1.94 bits per heavy atom. The van der Waals surface area contributed by atoms with Crippen LogP contribution >= 0.6 is 0 Å². The number of methoxy groups -OCH3 is 1. The Morgan fingerprint density at radius 1 is 1.35 bits per heavy atom. The van der Waals surface area contributed by atoms with Crippen LogP contribution in [-0.2, 0) is 5.41 Å². The summed E-state index contributed by atoms with van der Waals surface area (Å²) in [5, 5.41) is 10.8. The number of hydrogen-bond donors (Lipinski definition) is 0. The van der Waals surface area contributed by atoms with Gasteiger partial charge in [0, 0.05) is 11.6 Å². The van der Waals surface area contributed by atoms with Crippen molar-refractivity contribution in [3.63, 3.8) is 0 Å². The van der Waals surface area contributed by atoms with E-state index in [-0.39, 0.29) is 16.9 Å². The lowest BCUT2D eigenvalue weighted by Crippen LogP contribution is -2.15. The molecule has 0 heterocycles. The maximum absolute atomic E-state index is 11.0. The van der Waals surface area contributed by atoms with E-state index in [1.807, 2.05) is 20.8 Å². The molecule has 0 saturated carbocycles. The SMILES string of the molecule is COc1cc(C(C)(C)C)c(C=O)cc1[N+](=O)[O-]. The van der Waals surface area contributed by atoms with Crippen molar-refractivity contribution in [3.05, 3.63) is 33.4 Å². The van der Waals surface area contributed by atoms with E-state index in [0.717, 1.165) is 5.56 Å². The number of carbonyl (C=O) groups is 1. The highest BCUT2D eigenvalue weighted by Gasteiger charge is 2.24. The lowest BCUT2D eigenvalue weighted by Gasteiger charge is -2.21. The lowest BCUT2D eigenvalue weighted by atomic mass is 9.83. The van der Waals surface area contributed by atoms with Gasteiger partial charge in [0.05, 0.1) is 12.0 Å². The summed E-state index contributed by atoms with van der Waals surface area (Å²) in [6.45, 7) is 5.79. The van der Waals surface area contributed by atoms with Gasteiger partial charge in [0.1, 0.15) is 0 Å². The first kappa shape index (κ1) is 13.2. The number of hydrogen-bond acceptors (Lipinski definition) is 4. The number of aldehydes is 1. The van der Waals surface area contributed by atoms with Crippen LogP contribution in [0.1, 0.15) is 36.7 Å². The fraction of sp³-hybridized carbons (Fsp3) is 0.417. The van der Waals surface area contributed by atoms with E-state index in [0.29, 0.717) is 11.8 Å². The zero-order valence-electron chi connectivity index (χ0n) is 10.3. The molecule has 0 unspecified atom stereocenters. The molecule has 17 heavy (non-hydrogen) atoms. The Bertz CT molecular complexity index is 460. The molecule has 5 heteroatoms. The second-order valence-electron chi connectivity index (χ2n) is 4.74. The highest BCUT2D eigenvalue weighted by atomic mass is 16.6. The summed E-state index contributed by atoms with van der Waals surface area (Å²) >= 11 is 0. The van der Waals surface area contributed by atoms with E-state index in [1.54, 1.807) is 6.07 Å². The number of nitrogens with zero attached hydrogens (tertiary/aromatic N) is 1. The average Bonchev–Trinajstić information content (AvgIpc) is 2.25. The van der Waals surface area contributed by atoms with E-state index >= 15 is 0 Å². The van der Waals surface area contributed by atoms with Crippen molar-refractivity contribution in [2.45, 2.75) is 26.2 Å². The monoisotopic (exact) mass is 237 g/mol. The van der Waals surface area contributed by atoms with E-state index in [1.165, 1.54) is 13.2 Å². The summed E-state index contributed by atoms with van der Waals surface area (Å²) in [4.78, 5) is 21.2. The molecule has 5 nitrogen and oxygen atoms in total. The summed E-state index contributed by atoms with van der Waals surface area (Å²) in [7, 11) is 1.37. The van der Waals surface area contributed by atoms with Crippen LogP contribution in [0.2, 0.25) is 0 Å². The van der Waals surface area contributed by atoms with Crippen molar-refractivity contribution in [3.8, 4) is 5.75 Å². The Labute approximate surface area is 99.5 Å². The standard InChI is InChI=1S/C12H15NO4/c1-12(2,3)9-6-11(17-4)10(13(15)16)5-8(9)7-14/h5-7H,1-4H3. The summed E-state index contributed by atoms with van der Waals surface area (Å²) in [6, 6.07) is 2.81. The number of nitro groups is 1. The van der Waals surface area contributed by atoms with Crippen molar-refractivity contribution in [2.24, 2.45) is 0 Å². The van der Waals surface area contributed by atoms with Crippen molar-refractivity contribution in [1.82, 2.24) is 0 Å². The predicted octanol–water partition coefficient (Wildman–Crippen LogP) is 2.71. The van der Waals surface area contributed by atoms with Crippen molar-refractivity contribution in [2.75, 3.05) is 7.11 Å². The molecule has 0 aliphatic carbocycles. The van der Waals surface area contributed by atoms with Gasteiger partial charge in [-0.05, 0) is 17.0 Å². The summed E-state index contributed by atoms with van der Waals surface area (Å²) in [6.07, 6.45) is 0.632. The first-order valence-electron chi connectivity index (χ1n) is 5.13. The second-order valence-corrected chi connectivity index (χ2v) is 4.74. The molecule has 0 saturated heterocycles. The van der Waals surface area contributed by atoms with Crippen LogP contribution in [0.4, 0.5) is 5.69 Å². The molecule has 1 rings (SSSR count). The third-order valence-electron chi connectivity index (χ3n) is 2.48. The molecular formula is C12H15NO4. The minimum absolute atomic E-state index is 0.172. The number of carbonyl (C=O) groups excluding carboxylic acids is 1. The molecule has 0 N–H and O–H groups in total. The molecule has 0 aliphatic heterocycles. The quantitative estimate of drug-likeness (QED) is 0.460. The number of nitro benzene ring substituents is 1. The Hall–Kier alpha value is -1.91. The van der Waals surface area contributed by atoms with Crippen molar-refractivity contribution in [1.29, 1.82) is 0 Å². The maximum Gasteiger partial charge on any atom is 0.311 e. The molecule has 92 valence electrons. The zero-order valence-corrected chi connectivity index (χ0v) is 10.3. The summed E-state index contributed by atoms with van der Waals surface area (Å²) in [5.41, 5.74) is 0.584. The fourth-order valence-electron chi connectivity index (χ4n) is 1.64. The van der Waals surface area contributed by atoms with E-state index in [2.05, 4.69) is 0 Å². The molecular weight excluding hydrogens is 222 g/mol. The molecule has 1 aromatic rings. The predicted molar refractivity (Wildman–Crippen MR) is 63.7 cm³/mol. The minimum atomic E-state index is -0.557. The molecule has 1 aromatic carbocycles. The third-order valence-corrected chi connectivity index (χ3v) is 2.48. The molecule has 0 spiro atoms. The average molecular weight is 237 g/mol. The topological polar surface area (TPSA) is 69.4 Å². The van der Waals surface area contributed by atoms with Gasteiger partial charge in [0.15, 0.2) is 12.0 Å². The van der Waals surface area contributed by atoms with Crippen molar-refractivity contribution < 1.29 is 14.5 Å². The lowest BCUT2D eigenvalue weighted by molar-refractivity contribution is -0.385. The van der Waals surface area contributed by atoms with Crippen LogP contribution in [0.15, 0.2) is 12.1 Å². The van der Waals surface area contributed by atoms with Crippen LogP contribution in [0.25, 0.3) is 0 Å². The summed E-state index contributed by atoms with van der Waals surface area (Å²) in [5.74, 6) is 0.172. The Kier molecular flexibility index (Phi) is 3.50. The van der Waals surface area contributed by atoms with Gasteiger partial charge in [-0.2, -0.15) is 0 Å². The third kappa shape index (κ3) is 2.61. The van der Waals surface area contributed by atoms with E-state index in [9.17, 15) is 14.9 Å². The Balaban J connectivity index is 3.54. The molecule has 0 amide bonds. The van der Waals surface area contributed by atoms with Gasteiger partial charge in [-0.25, -0.2) is 0 Å². The molecule has 0 aliphatic rings. The smallest absolute Gasteiger partial charge is 0.311 e. The van der Waals surface area contributed by atoms with Gasteiger partial charge in [-0.1, -0.05) is 20.8 Å². The maximum atomic E-state index is 11.0. The van der Waals surface area contributed by atoms with Crippen LogP contribution in [-0.4, -0.2) is 18.3 Å². The number of ether oxygens (including phenoxy) is 1. The van der Waals surface area contributed by atoms with Crippen LogP contribution in [0.3, 0.4) is 0 Å². The first-order valence-corrected chi connectivity index (χ1v) is 5.13. The van der Waals surface area contributed by atoms with Crippen LogP contribution in [0.5, 0.6) is 5.75 Å². The van der Waals surface area contributed by atoms with Crippen molar-refractivity contribution >= 4 is 12.0 Å². The number of rotatable bonds is 3. The summed E-state index contributed by atoms with van der Waals surface area (Å²) < 4.78 is 4.98. The highest BCUT2D eigenvalue weighted by Crippen LogP contribution is 2.35. The second kappa shape index (κ2) is 4.53. The minimum Gasteiger partial charge on any atom is -0.490 e. The Morgan fingerprint density at radius 3 is 2.29 bits per heavy atom. The van der Waals surface area contributed by atoms with Gasteiger partial charge in [0.2, 0.25) is 0 Å². The van der Waals surface area contributed by atoms with E-state index < -0.39 is 4.92 Å². The molecule has 0 aromatic heterocycles. The highest BCUT2D eigenvalue weighted by molar-refractivity contribution is 5.80. The normalized spacial score (nSPS) is 11.1. The van der Waals surface area contributed by atoms with Gasteiger partial charge >= 0.3 is 5.69 Å². The van der Waals surface area contributed by atoms with Crippen LogP contribution < -0.4 is 4.74 Å². The van der Waals surface area contributed by atoms with Crippen LogP contribution in [0, 0.1) is 10.1 Å². The molecule has 0 radical (unpaired) electrons. The zero-order chi connectivity index (χ0) is 13.2. The molecule has 0 atom stereocenters. The fourth-order valence-corrected chi connectivity index (χ4v) is 1.64. The molecule has 0 bridgehead atoms.